The van der Waals surface area contributed by atoms with Crippen LogP contribution in [-0.2, 0) is 4.74 Å². The minimum absolute atomic E-state index is 0.478. The molecule has 0 amide bonds. The van der Waals surface area contributed by atoms with Gasteiger partial charge in [-0.3, -0.25) is 4.90 Å². The smallest absolute Gasteiger partial charge is 0.0630 e. The second-order valence-electron chi connectivity index (χ2n) is 6.72. The molecule has 0 aromatic heterocycles. The molecule has 1 atom stereocenters. The number of nitrogens with zero attached hydrogens (tertiary/aromatic N) is 1. The summed E-state index contributed by atoms with van der Waals surface area (Å²) < 4.78 is 5.48. The standard InChI is InChI=1S/C17H38N2O/c1-8-16(9-2)19(12-15(5)6)17(13-20-7)11-18-10-14(3)4/h14-18H,8-13H2,1-7H3. The van der Waals surface area contributed by atoms with Crippen molar-refractivity contribution in [3.8, 4) is 0 Å². The Labute approximate surface area is 127 Å². The Hall–Kier alpha value is -0.120. The Morgan fingerprint density at radius 3 is 1.90 bits per heavy atom. The van der Waals surface area contributed by atoms with Crippen LogP contribution in [0.4, 0.5) is 0 Å². The van der Waals surface area contributed by atoms with Crippen molar-refractivity contribution in [3.05, 3.63) is 0 Å². The van der Waals surface area contributed by atoms with Crippen LogP contribution in [0.25, 0.3) is 0 Å². The summed E-state index contributed by atoms with van der Waals surface area (Å²) in [6, 6.07) is 1.14. The highest BCUT2D eigenvalue weighted by atomic mass is 16.5. The zero-order valence-electron chi connectivity index (χ0n) is 14.9. The molecule has 0 aliphatic carbocycles. The van der Waals surface area contributed by atoms with Gasteiger partial charge >= 0.3 is 0 Å². The van der Waals surface area contributed by atoms with E-state index in [0.717, 1.165) is 26.2 Å². The van der Waals surface area contributed by atoms with Crippen molar-refractivity contribution in [2.75, 3.05) is 33.4 Å². The fourth-order valence-corrected chi connectivity index (χ4v) is 2.78. The van der Waals surface area contributed by atoms with Crippen LogP contribution in [0.2, 0.25) is 0 Å². The van der Waals surface area contributed by atoms with Gasteiger partial charge in [0, 0.05) is 32.3 Å². The van der Waals surface area contributed by atoms with Crippen LogP contribution in [0.3, 0.4) is 0 Å². The van der Waals surface area contributed by atoms with Gasteiger partial charge in [0.15, 0.2) is 0 Å². The number of methoxy groups -OCH3 is 1. The Balaban J connectivity index is 4.71. The lowest BCUT2D eigenvalue weighted by atomic mass is 10.0. The van der Waals surface area contributed by atoms with Crippen LogP contribution in [-0.4, -0.2) is 50.3 Å². The van der Waals surface area contributed by atoms with Gasteiger partial charge in [0.1, 0.15) is 0 Å². The molecule has 3 nitrogen and oxygen atoms in total. The summed E-state index contributed by atoms with van der Waals surface area (Å²) in [5.74, 6) is 1.39. The maximum Gasteiger partial charge on any atom is 0.0630 e. The first-order valence-corrected chi connectivity index (χ1v) is 8.41. The Morgan fingerprint density at radius 2 is 1.50 bits per heavy atom. The molecule has 0 aromatic carbocycles. The van der Waals surface area contributed by atoms with Crippen LogP contribution >= 0.6 is 0 Å². The quantitative estimate of drug-likeness (QED) is 0.595. The Morgan fingerprint density at radius 1 is 0.900 bits per heavy atom. The summed E-state index contributed by atoms with van der Waals surface area (Å²) >= 11 is 0. The first-order valence-electron chi connectivity index (χ1n) is 8.41. The topological polar surface area (TPSA) is 24.5 Å². The molecule has 0 rings (SSSR count). The van der Waals surface area contributed by atoms with Crippen molar-refractivity contribution >= 4 is 0 Å². The van der Waals surface area contributed by atoms with Gasteiger partial charge in [-0.25, -0.2) is 0 Å². The number of hydrogen-bond acceptors (Lipinski definition) is 3. The summed E-state index contributed by atoms with van der Waals surface area (Å²) in [6.45, 7) is 17.8. The number of nitrogens with one attached hydrogen (secondary N) is 1. The fraction of sp³-hybridized carbons (Fsp3) is 1.00. The lowest BCUT2D eigenvalue weighted by Crippen LogP contribution is -2.51. The third-order valence-electron chi connectivity index (χ3n) is 3.75. The summed E-state index contributed by atoms with van der Waals surface area (Å²) in [4.78, 5) is 2.67. The molecule has 20 heavy (non-hydrogen) atoms. The van der Waals surface area contributed by atoms with E-state index in [1.807, 2.05) is 7.11 Å². The summed E-state index contributed by atoms with van der Waals surface area (Å²) in [7, 11) is 1.82. The molecular weight excluding hydrogens is 248 g/mol. The second kappa shape index (κ2) is 11.5. The maximum absolute atomic E-state index is 5.48. The van der Waals surface area contributed by atoms with Gasteiger partial charge < -0.3 is 10.1 Å². The third-order valence-corrected chi connectivity index (χ3v) is 3.75. The van der Waals surface area contributed by atoms with E-state index in [9.17, 15) is 0 Å². The van der Waals surface area contributed by atoms with Crippen LogP contribution in [0.1, 0.15) is 54.4 Å². The summed E-state index contributed by atoms with van der Waals surface area (Å²) in [6.07, 6.45) is 2.43. The summed E-state index contributed by atoms with van der Waals surface area (Å²) in [5, 5.41) is 3.60. The van der Waals surface area contributed by atoms with Gasteiger partial charge in [-0.1, -0.05) is 41.5 Å². The van der Waals surface area contributed by atoms with Crippen molar-refractivity contribution in [1.29, 1.82) is 0 Å². The highest BCUT2D eigenvalue weighted by molar-refractivity contribution is 4.80. The lowest BCUT2D eigenvalue weighted by Gasteiger charge is -2.38. The first-order chi connectivity index (χ1) is 9.46. The van der Waals surface area contributed by atoms with E-state index in [1.165, 1.54) is 12.8 Å². The van der Waals surface area contributed by atoms with Crippen LogP contribution in [0, 0.1) is 11.8 Å². The molecule has 0 aliphatic heterocycles. The van der Waals surface area contributed by atoms with E-state index in [0.29, 0.717) is 23.9 Å². The number of hydrogen-bond donors (Lipinski definition) is 1. The van der Waals surface area contributed by atoms with E-state index in [-0.39, 0.29) is 0 Å². The highest BCUT2D eigenvalue weighted by Crippen LogP contribution is 2.15. The molecule has 0 aliphatic rings. The maximum atomic E-state index is 5.48. The molecule has 0 fully saturated rings. The zero-order chi connectivity index (χ0) is 15.5. The minimum Gasteiger partial charge on any atom is -0.383 e. The largest absolute Gasteiger partial charge is 0.383 e. The van der Waals surface area contributed by atoms with Gasteiger partial charge in [-0.05, 0) is 31.2 Å². The molecule has 1 unspecified atom stereocenters. The van der Waals surface area contributed by atoms with Crippen molar-refractivity contribution in [2.45, 2.75) is 66.5 Å². The van der Waals surface area contributed by atoms with E-state index < -0.39 is 0 Å². The normalized spacial score (nSPS) is 13.9. The fourth-order valence-electron chi connectivity index (χ4n) is 2.78. The van der Waals surface area contributed by atoms with Gasteiger partial charge in [-0.2, -0.15) is 0 Å². The van der Waals surface area contributed by atoms with Crippen molar-refractivity contribution in [3.63, 3.8) is 0 Å². The molecule has 122 valence electrons. The van der Waals surface area contributed by atoms with Gasteiger partial charge in [0.05, 0.1) is 6.61 Å². The van der Waals surface area contributed by atoms with Gasteiger partial charge in [-0.15, -0.1) is 0 Å². The van der Waals surface area contributed by atoms with Crippen LogP contribution in [0.15, 0.2) is 0 Å². The summed E-state index contributed by atoms with van der Waals surface area (Å²) in [5.41, 5.74) is 0. The average Bonchev–Trinajstić information content (AvgIpc) is 2.37. The molecular formula is C17H38N2O. The van der Waals surface area contributed by atoms with Crippen molar-refractivity contribution in [2.24, 2.45) is 11.8 Å². The van der Waals surface area contributed by atoms with Gasteiger partial charge in [0.2, 0.25) is 0 Å². The predicted molar refractivity (Wildman–Crippen MR) is 89.3 cm³/mol. The molecule has 0 radical (unpaired) electrons. The van der Waals surface area contributed by atoms with Crippen LogP contribution < -0.4 is 5.32 Å². The molecule has 0 aromatic rings. The molecule has 0 saturated heterocycles. The molecule has 0 saturated carbocycles. The third kappa shape index (κ3) is 8.23. The predicted octanol–water partition coefficient (Wildman–Crippen LogP) is 3.39. The average molecular weight is 287 g/mol. The number of rotatable bonds is 12. The zero-order valence-corrected chi connectivity index (χ0v) is 14.9. The van der Waals surface area contributed by atoms with E-state index in [1.54, 1.807) is 0 Å². The Bertz CT molecular complexity index is 215. The monoisotopic (exact) mass is 286 g/mol. The van der Waals surface area contributed by atoms with E-state index in [2.05, 4.69) is 51.8 Å². The van der Waals surface area contributed by atoms with E-state index >= 15 is 0 Å². The molecule has 0 bridgehead atoms. The van der Waals surface area contributed by atoms with Crippen LogP contribution in [0.5, 0.6) is 0 Å². The Kier molecular flexibility index (Phi) is 11.5. The van der Waals surface area contributed by atoms with Gasteiger partial charge in [0.25, 0.3) is 0 Å². The molecule has 0 spiro atoms. The first kappa shape index (κ1) is 19.9. The molecule has 0 heterocycles. The second-order valence-corrected chi connectivity index (χ2v) is 6.72. The van der Waals surface area contributed by atoms with E-state index in [4.69, 9.17) is 4.74 Å². The molecule has 1 N–H and O–H groups in total. The number of ether oxygens (including phenoxy) is 1. The SMILES string of the molecule is CCC(CC)N(CC(C)C)C(CNCC(C)C)COC. The van der Waals surface area contributed by atoms with Crippen molar-refractivity contribution < 1.29 is 4.74 Å². The lowest BCUT2D eigenvalue weighted by molar-refractivity contribution is 0.0479. The molecule has 3 heteroatoms. The minimum atomic E-state index is 0.478. The highest BCUT2D eigenvalue weighted by Gasteiger charge is 2.24. The van der Waals surface area contributed by atoms with Crippen molar-refractivity contribution in [1.82, 2.24) is 10.2 Å².